The smallest absolute Gasteiger partial charge is 0.234 e. The van der Waals surface area contributed by atoms with Gasteiger partial charge in [0.1, 0.15) is 0 Å². The van der Waals surface area contributed by atoms with E-state index in [-0.39, 0.29) is 0 Å². The molecule has 2 N–H and O–H groups in total. The van der Waals surface area contributed by atoms with E-state index in [2.05, 4.69) is 27.9 Å². The van der Waals surface area contributed by atoms with Crippen molar-refractivity contribution >= 4 is 11.5 Å². The average Bonchev–Trinajstić information content (AvgIpc) is 2.47. The van der Waals surface area contributed by atoms with E-state index in [4.69, 9.17) is 10.5 Å². The molecule has 0 unspecified atom stereocenters. The first kappa shape index (κ1) is 15.1. The molecule has 5 heteroatoms. The maximum atomic E-state index is 5.84. The lowest BCUT2D eigenvalue weighted by atomic mass is 10.2. The number of nitrogens with two attached hydrogens (primary N) is 1. The van der Waals surface area contributed by atoms with Crippen molar-refractivity contribution in [3.8, 4) is 5.88 Å². The van der Waals surface area contributed by atoms with Crippen molar-refractivity contribution < 1.29 is 4.74 Å². The van der Waals surface area contributed by atoms with Gasteiger partial charge in [-0.15, -0.1) is 0 Å². The zero-order valence-corrected chi connectivity index (χ0v) is 12.6. The van der Waals surface area contributed by atoms with Gasteiger partial charge in [0.05, 0.1) is 19.0 Å². The van der Waals surface area contributed by atoms with Crippen LogP contribution < -0.4 is 15.4 Å². The number of anilines is 2. The first-order chi connectivity index (χ1) is 10.2. The third-order valence-electron chi connectivity index (χ3n) is 3.03. The Morgan fingerprint density at radius 2 is 2.10 bits per heavy atom. The Bertz CT molecular complexity index is 574. The molecule has 0 fully saturated rings. The molecule has 0 radical (unpaired) electrons. The molecule has 0 saturated carbocycles. The normalized spacial score (nSPS) is 10.4. The van der Waals surface area contributed by atoms with Gasteiger partial charge in [0.15, 0.2) is 5.82 Å². The number of nitrogens with zero attached hydrogens (tertiary/aromatic N) is 3. The van der Waals surface area contributed by atoms with E-state index in [9.17, 15) is 0 Å². The number of rotatable bonds is 7. The van der Waals surface area contributed by atoms with Crippen LogP contribution >= 0.6 is 0 Å². The van der Waals surface area contributed by atoms with Crippen LogP contribution in [0, 0.1) is 0 Å². The molecule has 112 valence electrons. The minimum absolute atomic E-state index is 0.559. The van der Waals surface area contributed by atoms with Crippen molar-refractivity contribution in [1.82, 2.24) is 9.97 Å². The standard InChI is InChI=1S/C16H22N4O/c1-3-8-20(12-13-6-5-7-14(17)9-13)15-10-18-11-16(19-15)21-4-2/h5-7,9-11H,3-4,8,12,17H2,1-2H3. The first-order valence-corrected chi connectivity index (χ1v) is 7.27. The number of benzene rings is 1. The molecule has 0 bridgehead atoms. The van der Waals surface area contributed by atoms with Gasteiger partial charge in [0, 0.05) is 18.8 Å². The molecule has 0 aliphatic carbocycles. The largest absolute Gasteiger partial charge is 0.477 e. The van der Waals surface area contributed by atoms with Gasteiger partial charge in [-0.25, -0.2) is 0 Å². The third-order valence-corrected chi connectivity index (χ3v) is 3.03. The Morgan fingerprint density at radius 1 is 1.24 bits per heavy atom. The molecule has 1 aromatic heterocycles. The molecule has 2 aromatic rings. The summed E-state index contributed by atoms with van der Waals surface area (Å²) in [6, 6.07) is 7.92. The van der Waals surface area contributed by atoms with E-state index in [1.165, 1.54) is 0 Å². The Morgan fingerprint density at radius 3 is 2.81 bits per heavy atom. The lowest BCUT2D eigenvalue weighted by Crippen LogP contribution is -2.24. The second-order valence-electron chi connectivity index (χ2n) is 4.82. The van der Waals surface area contributed by atoms with Gasteiger partial charge >= 0.3 is 0 Å². The molecule has 0 atom stereocenters. The molecule has 0 spiro atoms. The molecule has 0 aliphatic rings. The van der Waals surface area contributed by atoms with Crippen LogP contribution in [0.25, 0.3) is 0 Å². The first-order valence-electron chi connectivity index (χ1n) is 7.27. The quantitative estimate of drug-likeness (QED) is 0.793. The maximum Gasteiger partial charge on any atom is 0.234 e. The van der Waals surface area contributed by atoms with Crippen LogP contribution in [0.3, 0.4) is 0 Å². The summed E-state index contributed by atoms with van der Waals surface area (Å²) in [5.74, 6) is 1.38. The van der Waals surface area contributed by atoms with Crippen LogP contribution in [-0.4, -0.2) is 23.1 Å². The highest BCUT2D eigenvalue weighted by Gasteiger charge is 2.10. The van der Waals surface area contributed by atoms with Gasteiger partial charge in [-0.05, 0) is 31.0 Å². The molecule has 21 heavy (non-hydrogen) atoms. The van der Waals surface area contributed by atoms with Crippen LogP contribution in [0.4, 0.5) is 11.5 Å². The van der Waals surface area contributed by atoms with E-state index in [0.29, 0.717) is 12.5 Å². The Hall–Kier alpha value is -2.30. The Labute approximate surface area is 125 Å². The van der Waals surface area contributed by atoms with E-state index < -0.39 is 0 Å². The molecular weight excluding hydrogens is 264 g/mol. The fourth-order valence-electron chi connectivity index (χ4n) is 2.16. The number of hydrogen-bond donors (Lipinski definition) is 1. The van der Waals surface area contributed by atoms with Gasteiger partial charge < -0.3 is 15.4 Å². The van der Waals surface area contributed by atoms with Crippen molar-refractivity contribution in [1.29, 1.82) is 0 Å². The SMILES string of the molecule is CCCN(Cc1cccc(N)c1)c1cncc(OCC)n1. The van der Waals surface area contributed by atoms with E-state index in [1.807, 2.05) is 25.1 Å². The molecule has 1 aromatic carbocycles. The summed E-state index contributed by atoms with van der Waals surface area (Å²) in [6.07, 6.45) is 4.44. The molecule has 0 saturated heterocycles. The minimum atomic E-state index is 0.559. The van der Waals surface area contributed by atoms with Crippen LogP contribution in [0.2, 0.25) is 0 Å². The summed E-state index contributed by atoms with van der Waals surface area (Å²) in [5.41, 5.74) is 7.78. The van der Waals surface area contributed by atoms with Gasteiger partial charge in [-0.1, -0.05) is 19.1 Å². The van der Waals surface area contributed by atoms with E-state index in [0.717, 1.165) is 36.6 Å². The molecule has 2 rings (SSSR count). The molecule has 5 nitrogen and oxygen atoms in total. The number of hydrogen-bond acceptors (Lipinski definition) is 5. The van der Waals surface area contributed by atoms with Gasteiger partial charge in [-0.3, -0.25) is 4.98 Å². The van der Waals surface area contributed by atoms with E-state index in [1.54, 1.807) is 12.4 Å². The third kappa shape index (κ3) is 4.34. The van der Waals surface area contributed by atoms with Crippen LogP contribution in [-0.2, 0) is 6.54 Å². The highest BCUT2D eigenvalue weighted by atomic mass is 16.5. The predicted molar refractivity (Wildman–Crippen MR) is 85.4 cm³/mol. The summed E-state index contributed by atoms with van der Waals surface area (Å²) in [5, 5.41) is 0. The number of ether oxygens (including phenoxy) is 1. The highest BCUT2D eigenvalue weighted by molar-refractivity contribution is 5.44. The lowest BCUT2D eigenvalue weighted by molar-refractivity contribution is 0.325. The summed E-state index contributed by atoms with van der Waals surface area (Å²) >= 11 is 0. The van der Waals surface area contributed by atoms with Crippen LogP contribution in [0.1, 0.15) is 25.8 Å². The van der Waals surface area contributed by atoms with Gasteiger partial charge in [0.2, 0.25) is 5.88 Å². The van der Waals surface area contributed by atoms with E-state index >= 15 is 0 Å². The Kier molecular flexibility index (Phi) is 5.37. The molecule has 0 amide bonds. The fraction of sp³-hybridized carbons (Fsp3) is 0.375. The summed E-state index contributed by atoms with van der Waals surface area (Å²) in [7, 11) is 0. The maximum absolute atomic E-state index is 5.84. The Balaban J connectivity index is 2.19. The second kappa shape index (κ2) is 7.47. The molecule has 0 aliphatic heterocycles. The number of nitrogen functional groups attached to an aromatic ring is 1. The summed E-state index contributed by atoms with van der Waals surface area (Å²) in [4.78, 5) is 10.9. The zero-order chi connectivity index (χ0) is 15.1. The molecule has 1 heterocycles. The lowest BCUT2D eigenvalue weighted by Gasteiger charge is -2.23. The topological polar surface area (TPSA) is 64.3 Å². The monoisotopic (exact) mass is 286 g/mol. The zero-order valence-electron chi connectivity index (χ0n) is 12.6. The van der Waals surface area contributed by atoms with Crippen molar-refractivity contribution in [3.05, 3.63) is 42.2 Å². The van der Waals surface area contributed by atoms with Crippen molar-refractivity contribution in [2.45, 2.75) is 26.8 Å². The van der Waals surface area contributed by atoms with Crippen LogP contribution in [0.15, 0.2) is 36.7 Å². The summed E-state index contributed by atoms with van der Waals surface area (Å²) < 4.78 is 5.42. The number of aromatic nitrogens is 2. The second-order valence-corrected chi connectivity index (χ2v) is 4.82. The fourth-order valence-corrected chi connectivity index (χ4v) is 2.16. The van der Waals surface area contributed by atoms with Gasteiger partial charge in [0.25, 0.3) is 0 Å². The predicted octanol–water partition coefficient (Wildman–Crippen LogP) is 2.87. The summed E-state index contributed by atoms with van der Waals surface area (Å²) in [6.45, 7) is 6.32. The van der Waals surface area contributed by atoms with Crippen molar-refractivity contribution in [3.63, 3.8) is 0 Å². The van der Waals surface area contributed by atoms with Crippen molar-refractivity contribution in [2.24, 2.45) is 0 Å². The average molecular weight is 286 g/mol. The molecular formula is C16H22N4O. The highest BCUT2D eigenvalue weighted by Crippen LogP contribution is 2.18. The minimum Gasteiger partial charge on any atom is -0.477 e. The van der Waals surface area contributed by atoms with Crippen molar-refractivity contribution in [2.75, 3.05) is 23.8 Å². The van der Waals surface area contributed by atoms with Crippen LogP contribution in [0.5, 0.6) is 5.88 Å². The van der Waals surface area contributed by atoms with Gasteiger partial charge in [-0.2, -0.15) is 4.98 Å².